The number of amides is 2. The Kier molecular flexibility index (Phi) is 7.30. The Morgan fingerprint density at radius 3 is 2.65 bits per heavy atom. The highest BCUT2D eigenvalue weighted by molar-refractivity contribution is 9.10. The Morgan fingerprint density at radius 1 is 1.30 bits per heavy atom. The van der Waals surface area contributed by atoms with E-state index in [9.17, 15) is 9.59 Å². The summed E-state index contributed by atoms with van der Waals surface area (Å²) in [5.74, 6) is -0.754. The second-order valence-electron chi connectivity index (χ2n) is 4.79. The summed E-state index contributed by atoms with van der Waals surface area (Å²) in [5.41, 5.74) is 5.86. The van der Waals surface area contributed by atoms with Gasteiger partial charge >= 0.3 is 0 Å². The highest BCUT2D eigenvalue weighted by Crippen LogP contribution is 2.12. The maximum Gasteiger partial charge on any atom is 0.251 e. The zero-order chi connectivity index (χ0) is 15.0. The van der Waals surface area contributed by atoms with Crippen molar-refractivity contribution in [1.29, 1.82) is 0 Å². The van der Waals surface area contributed by atoms with E-state index in [0.717, 1.165) is 30.2 Å². The molecule has 5 heteroatoms. The minimum absolute atomic E-state index is 0.273. The molecule has 0 saturated carbocycles. The van der Waals surface area contributed by atoms with Gasteiger partial charge in [0.2, 0.25) is 5.91 Å². The number of nitrogens with one attached hydrogen (secondary N) is 1. The molecule has 1 atom stereocenters. The third-order valence-corrected chi connectivity index (χ3v) is 3.58. The molecule has 1 aromatic carbocycles. The number of hydrogen-bond donors (Lipinski definition) is 2. The van der Waals surface area contributed by atoms with Gasteiger partial charge in [0, 0.05) is 10.0 Å². The van der Waals surface area contributed by atoms with Crippen LogP contribution in [-0.2, 0) is 4.79 Å². The lowest BCUT2D eigenvalue weighted by molar-refractivity contribution is -0.120. The van der Waals surface area contributed by atoms with E-state index >= 15 is 0 Å². The number of primary amides is 1. The lowest BCUT2D eigenvalue weighted by Crippen LogP contribution is -2.44. The predicted octanol–water partition coefficient (Wildman–Crippen LogP) is 3.00. The molecule has 3 N–H and O–H groups in total. The lowest BCUT2D eigenvalue weighted by Gasteiger charge is -2.15. The van der Waals surface area contributed by atoms with Crippen LogP contribution in [0.25, 0.3) is 0 Å². The number of rotatable bonds is 8. The molecule has 20 heavy (non-hydrogen) atoms. The first-order valence-electron chi connectivity index (χ1n) is 6.90. The van der Waals surface area contributed by atoms with Crippen LogP contribution in [0.1, 0.15) is 49.4 Å². The topological polar surface area (TPSA) is 72.2 Å². The SMILES string of the molecule is CCCCCC[C@@H](NC(=O)c1cccc(Br)c1)C(N)=O. The molecule has 0 spiro atoms. The molecule has 0 aromatic heterocycles. The Hall–Kier alpha value is -1.36. The van der Waals surface area contributed by atoms with E-state index in [-0.39, 0.29) is 5.91 Å². The number of benzene rings is 1. The van der Waals surface area contributed by atoms with Crippen molar-refractivity contribution >= 4 is 27.7 Å². The van der Waals surface area contributed by atoms with Crippen LogP contribution in [0.3, 0.4) is 0 Å². The van der Waals surface area contributed by atoms with Gasteiger partial charge in [-0.1, -0.05) is 54.6 Å². The van der Waals surface area contributed by atoms with Gasteiger partial charge in [0.05, 0.1) is 0 Å². The molecule has 0 radical (unpaired) electrons. The summed E-state index contributed by atoms with van der Waals surface area (Å²) in [7, 11) is 0. The van der Waals surface area contributed by atoms with Crippen LogP contribution >= 0.6 is 15.9 Å². The average Bonchev–Trinajstić information content (AvgIpc) is 2.41. The molecule has 0 heterocycles. The van der Waals surface area contributed by atoms with E-state index in [1.165, 1.54) is 0 Å². The first-order chi connectivity index (χ1) is 9.54. The van der Waals surface area contributed by atoms with E-state index in [0.29, 0.717) is 12.0 Å². The summed E-state index contributed by atoms with van der Waals surface area (Å²) in [6, 6.07) is 6.44. The van der Waals surface area contributed by atoms with Crippen LogP contribution in [-0.4, -0.2) is 17.9 Å². The molecular weight excluding hydrogens is 320 g/mol. The molecule has 0 fully saturated rings. The molecule has 1 rings (SSSR count). The zero-order valence-corrected chi connectivity index (χ0v) is 13.3. The number of nitrogens with two attached hydrogens (primary N) is 1. The van der Waals surface area contributed by atoms with Crippen molar-refractivity contribution < 1.29 is 9.59 Å². The first-order valence-corrected chi connectivity index (χ1v) is 7.69. The van der Waals surface area contributed by atoms with Gasteiger partial charge in [0.1, 0.15) is 6.04 Å². The minimum Gasteiger partial charge on any atom is -0.368 e. The maximum absolute atomic E-state index is 12.1. The minimum atomic E-state index is -0.599. The summed E-state index contributed by atoms with van der Waals surface area (Å²) in [5, 5.41) is 2.70. The van der Waals surface area contributed by atoms with Crippen molar-refractivity contribution in [2.45, 2.75) is 45.1 Å². The van der Waals surface area contributed by atoms with E-state index in [1.54, 1.807) is 18.2 Å². The van der Waals surface area contributed by atoms with E-state index < -0.39 is 11.9 Å². The zero-order valence-electron chi connectivity index (χ0n) is 11.7. The summed E-state index contributed by atoms with van der Waals surface area (Å²) in [6.07, 6.45) is 4.79. The number of hydrogen-bond acceptors (Lipinski definition) is 2. The van der Waals surface area contributed by atoms with Gasteiger partial charge in [-0.25, -0.2) is 0 Å². The van der Waals surface area contributed by atoms with E-state index in [4.69, 9.17) is 5.73 Å². The smallest absolute Gasteiger partial charge is 0.251 e. The molecular formula is C15H21BrN2O2. The van der Waals surface area contributed by atoms with Gasteiger partial charge in [0.15, 0.2) is 0 Å². The molecule has 2 amide bonds. The highest BCUT2D eigenvalue weighted by atomic mass is 79.9. The van der Waals surface area contributed by atoms with Crippen molar-refractivity contribution in [3.63, 3.8) is 0 Å². The van der Waals surface area contributed by atoms with E-state index in [1.807, 2.05) is 6.07 Å². The van der Waals surface area contributed by atoms with Gasteiger partial charge in [-0.15, -0.1) is 0 Å². The summed E-state index contributed by atoms with van der Waals surface area (Å²) in [4.78, 5) is 23.5. The van der Waals surface area contributed by atoms with Gasteiger partial charge < -0.3 is 11.1 Å². The summed E-state index contributed by atoms with van der Waals surface area (Å²) < 4.78 is 0.823. The molecule has 0 aliphatic heterocycles. The average molecular weight is 341 g/mol. The third kappa shape index (κ3) is 5.74. The predicted molar refractivity (Wildman–Crippen MR) is 83.3 cm³/mol. The van der Waals surface area contributed by atoms with Crippen LogP contribution in [0, 0.1) is 0 Å². The first kappa shape index (κ1) is 16.7. The van der Waals surface area contributed by atoms with Gasteiger partial charge in [-0.3, -0.25) is 9.59 Å². The second kappa shape index (κ2) is 8.74. The van der Waals surface area contributed by atoms with Gasteiger partial charge in [-0.05, 0) is 24.6 Å². The van der Waals surface area contributed by atoms with Crippen molar-refractivity contribution in [2.75, 3.05) is 0 Å². The molecule has 0 unspecified atom stereocenters. The summed E-state index contributed by atoms with van der Waals surface area (Å²) in [6.45, 7) is 2.13. The number of halogens is 1. The lowest BCUT2D eigenvalue weighted by atomic mass is 10.1. The van der Waals surface area contributed by atoms with Crippen molar-refractivity contribution in [2.24, 2.45) is 5.73 Å². The van der Waals surface area contributed by atoms with Gasteiger partial charge in [-0.2, -0.15) is 0 Å². The number of carbonyl (C=O) groups excluding carboxylic acids is 2. The molecule has 110 valence electrons. The fourth-order valence-electron chi connectivity index (χ4n) is 1.93. The van der Waals surface area contributed by atoms with Crippen LogP contribution in [0.4, 0.5) is 0 Å². The van der Waals surface area contributed by atoms with Gasteiger partial charge in [0.25, 0.3) is 5.91 Å². The van der Waals surface area contributed by atoms with Crippen LogP contribution in [0.15, 0.2) is 28.7 Å². The summed E-state index contributed by atoms with van der Waals surface area (Å²) >= 11 is 3.31. The Balaban J connectivity index is 2.56. The quantitative estimate of drug-likeness (QED) is 0.714. The van der Waals surface area contributed by atoms with Crippen molar-refractivity contribution in [3.05, 3.63) is 34.3 Å². The van der Waals surface area contributed by atoms with E-state index in [2.05, 4.69) is 28.2 Å². The monoisotopic (exact) mass is 340 g/mol. The Bertz CT molecular complexity index is 463. The largest absolute Gasteiger partial charge is 0.368 e. The van der Waals surface area contributed by atoms with Crippen LogP contribution in [0.5, 0.6) is 0 Å². The second-order valence-corrected chi connectivity index (χ2v) is 5.70. The van der Waals surface area contributed by atoms with Crippen molar-refractivity contribution in [3.8, 4) is 0 Å². The van der Waals surface area contributed by atoms with Crippen molar-refractivity contribution in [1.82, 2.24) is 5.32 Å². The Labute approximate surface area is 128 Å². The Morgan fingerprint density at radius 2 is 2.05 bits per heavy atom. The van der Waals surface area contributed by atoms with Crippen LogP contribution in [0.2, 0.25) is 0 Å². The molecule has 0 bridgehead atoms. The third-order valence-electron chi connectivity index (χ3n) is 3.08. The molecule has 0 saturated heterocycles. The molecule has 0 aliphatic carbocycles. The number of unbranched alkanes of at least 4 members (excludes halogenated alkanes) is 3. The highest BCUT2D eigenvalue weighted by Gasteiger charge is 2.18. The number of carbonyl (C=O) groups is 2. The fourth-order valence-corrected chi connectivity index (χ4v) is 2.33. The molecule has 0 aliphatic rings. The normalized spacial score (nSPS) is 11.9. The van der Waals surface area contributed by atoms with Crippen LogP contribution < -0.4 is 11.1 Å². The molecule has 4 nitrogen and oxygen atoms in total. The molecule has 1 aromatic rings. The fraction of sp³-hybridized carbons (Fsp3) is 0.467. The maximum atomic E-state index is 12.1. The standard InChI is InChI=1S/C15H21BrN2O2/c1-2-3-4-5-9-13(14(17)19)18-15(20)11-7-6-8-12(16)10-11/h6-8,10,13H,2-5,9H2,1H3,(H2,17,19)(H,18,20)/t13-/m1/s1.